The number of hydrogen-bond acceptors (Lipinski definition) is 4. The number of ether oxygens (including phenoxy) is 2. The van der Waals surface area contributed by atoms with Crippen LogP contribution in [0.5, 0.6) is 11.5 Å². The maximum absolute atomic E-state index is 13.0. The Balaban J connectivity index is 1.84. The summed E-state index contributed by atoms with van der Waals surface area (Å²) >= 11 is 2.09. The van der Waals surface area contributed by atoms with Crippen LogP contribution in [-0.2, 0) is 17.6 Å². The fourth-order valence-electron chi connectivity index (χ4n) is 3.41. The molecule has 0 atom stereocenters. The summed E-state index contributed by atoms with van der Waals surface area (Å²) in [5.74, 6) is 0.148. The molecule has 0 unspecified atom stereocenters. The predicted molar refractivity (Wildman–Crippen MR) is 144 cm³/mol. The van der Waals surface area contributed by atoms with E-state index >= 15 is 0 Å². The molecule has 1 amide bonds. The van der Waals surface area contributed by atoms with Gasteiger partial charge in [-0.2, -0.15) is 18.4 Å². The fraction of sp³-hybridized carbons (Fsp3) is 0.214. The Bertz CT molecular complexity index is 1380. The first-order valence-corrected chi connectivity index (χ1v) is 12.4. The molecular weight excluding hydrogens is 596 g/mol. The second-order valence-corrected chi connectivity index (χ2v) is 9.33. The zero-order valence-electron chi connectivity index (χ0n) is 20.4. The summed E-state index contributed by atoms with van der Waals surface area (Å²) < 4.78 is 51.4. The third kappa shape index (κ3) is 7.49. The van der Waals surface area contributed by atoms with Crippen LogP contribution in [0.4, 0.5) is 18.9 Å². The highest BCUT2D eigenvalue weighted by Crippen LogP contribution is 2.36. The number of benzene rings is 3. The average molecular weight is 620 g/mol. The lowest BCUT2D eigenvalue weighted by molar-refractivity contribution is -0.137. The number of carbonyl (C=O) groups excluding carboxylic acids is 1. The first-order valence-electron chi connectivity index (χ1n) is 11.3. The second kappa shape index (κ2) is 12.1. The van der Waals surface area contributed by atoms with E-state index in [0.29, 0.717) is 33.8 Å². The second-order valence-electron chi connectivity index (χ2n) is 8.17. The number of rotatable bonds is 8. The van der Waals surface area contributed by atoms with Gasteiger partial charge in [0, 0.05) is 5.69 Å². The molecule has 0 saturated carbocycles. The van der Waals surface area contributed by atoms with E-state index in [1.54, 1.807) is 12.1 Å². The third-order valence-electron chi connectivity index (χ3n) is 5.41. The number of hydrogen-bond donors (Lipinski definition) is 1. The summed E-state index contributed by atoms with van der Waals surface area (Å²) in [6.07, 6.45) is -3.20. The van der Waals surface area contributed by atoms with Crippen molar-refractivity contribution in [3.8, 4) is 17.6 Å². The number of amides is 1. The molecule has 0 spiro atoms. The van der Waals surface area contributed by atoms with Gasteiger partial charge in [0.2, 0.25) is 0 Å². The number of halogens is 4. The lowest BCUT2D eigenvalue weighted by atomic mass is 10.1. The van der Waals surface area contributed by atoms with Crippen LogP contribution in [-0.4, -0.2) is 12.5 Å². The van der Waals surface area contributed by atoms with E-state index in [4.69, 9.17) is 9.47 Å². The Labute approximate surface area is 227 Å². The highest BCUT2D eigenvalue weighted by molar-refractivity contribution is 14.1. The zero-order valence-corrected chi connectivity index (χ0v) is 22.5. The highest BCUT2D eigenvalue weighted by atomic mass is 127. The van der Waals surface area contributed by atoms with E-state index in [2.05, 4.69) is 34.0 Å². The maximum atomic E-state index is 13.0. The van der Waals surface area contributed by atoms with E-state index in [-0.39, 0.29) is 11.3 Å². The highest BCUT2D eigenvalue weighted by Gasteiger charge is 2.30. The van der Waals surface area contributed by atoms with Crippen LogP contribution in [0, 0.1) is 28.7 Å². The fourth-order valence-corrected chi connectivity index (χ4v) is 4.19. The number of nitrogens with zero attached hydrogens (tertiary/aromatic N) is 1. The number of nitriles is 1. The van der Waals surface area contributed by atoms with Gasteiger partial charge in [-0.1, -0.05) is 24.3 Å². The molecule has 0 aliphatic heterocycles. The molecule has 0 saturated heterocycles. The van der Waals surface area contributed by atoms with E-state index in [1.807, 2.05) is 39.0 Å². The van der Waals surface area contributed by atoms with Crippen molar-refractivity contribution < 1.29 is 27.4 Å². The van der Waals surface area contributed by atoms with Crippen molar-refractivity contribution in [1.29, 1.82) is 5.26 Å². The molecule has 0 aliphatic carbocycles. The molecule has 0 bridgehead atoms. The Morgan fingerprint density at radius 1 is 1.08 bits per heavy atom. The van der Waals surface area contributed by atoms with Gasteiger partial charge in [0.05, 0.1) is 15.7 Å². The molecule has 37 heavy (non-hydrogen) atoms. The Hall–Kier alpha value is -3.52. The van der Waals surface area contributed by atoms with Crippen molar-refractivity contribution in [3.05, 3.63) is 91.6 Å². The summed E-state index contributed by atoms with van der Waals surface area (Å²) in [7, 11) is 0. The van der Waals surface area contributed by atoms with Crippen molar-refractivity contribution in [1.82, 2.24) is 0 Å². The van der Waals surface area contributed by atoms with Crippen molar-refractivity contribution in [2.45, 2.75) is 33.6 Å². The molecule has 0 aromatic heterocycles. The summed E-state index contributed by atoms with van der Waals surface area (Å²) in [5, 5.41) is 11.9. The number of nitrogens with one attached hydrogen (secondary N) is 1. The first kappa shape index (κ1) is 28.1. The number of carbonyl (C=O) groups is 1. The molecule has 9 heteroatoms. The smallest absolute Gasteiger partial charge is 0.416 e. The standard InChI is InChI=1S/C28H24F3IN2O3/c1-4-36-25-13-20(12-24(32)26(25)37-16-19-9-8-17(2)18(3)10-19)11-21(15-33)27(35)34-23-7-5-6-22(14-23)28(29,30)31/h5-14H,4,16H2,1-3H3,(H,34,35)/b21-11+. The predicted octanol–water partition coefficient (Wildman–Crippen LogP) is 7.45. The van der Waals surface area contributed by atoms with Crippen LogP contribution in [0.1, 0.15) is 34.7 Å². The van der Waals surface area contributed by atoms with E-state index < -0.39 is 17.6 Å². The van der Waals surface area contributed by atoms with Crippen molar-refractivity contribution in [3.63, 3.8) is 0 Å². The lowest BCUT2D eigenvalue weighted by Gasteiger charge is -2.15. The van der Waals surface area contributed by atoms with E-state index in [9.17, 15) is 23.2 Å². The molecule has 3 rings (SSSR count). The summed E-state index contributed by atoms with van der Waals surface area (Å²) in [4.78, 5) is 12.6. The van der Waals surface area contributed by atoms with E-state index in [0.717, 1.165) is 23.3 Å². The van der Waals surface area contributed by atoms with Gasteiger partial charge < -0.3 is 14.8 Å². The minimum Gasteiger partial charge on any atom is -0.490 e. The Kier molecular flexibility index (Phi) is 9.21. The molecule has 0 heterocycles. The molecule has 1 N–H and O–H groups in total. The van der Waals surface area contributed by atoms with Gasteiger partial charge in [-0.25, -0.2) is 0 Å². The molecule has 0 aliphatic rings. The molecule has 3 aromatic rings. The monoisotopic (exact) mass is 620 g/mol. The topological polar surface area (TPSA) is 71.3 Å². The van der Waals surface area contributed by atoms with Gasteiger partial charge in [0.25, 0.3) is 5.91 Å². The minimum atomic E-state index is -4.55. The summed E-state index contributed by atoms with van der Waals surface area (Å²) in [6, 6.07) is 15.5. The molecular formula is C28H24F3IN2O3. The van der Waals surface area contributed by atoms with Crippen LogP contribution < -0.4 is 14.8 Å². The van der Waals surface area contributed by atoms with Crippen LogP contribution in [0.3, 0.4) is 0 Å². The third-order valence-corrected chi connectivity index (χ3v) is 6.21. The van der Waals surface area contributed by atoms with Crippen LogP contribution in [0.2, 0.25) is 0 Å². The van der Waals surface area contributed by atoms with Gasteiger partial charge >= 0.3 is 6.18 Å². The molecule has 5 nitrogen and oxygen atoms in total. The minimum absolute atomic E-state index is 0.0688. The average Bonchev–Trinajstić information content (AvgIpc) is 2.84. The molecule has 3 aromatic carbocycles. The van der Waals surface area contributed by atoms with Crippen molar-refractivity contribution in [2.75, 3.05) is 11.9 Å². The van der Waals surface area contributed by atoms with Crippen LogP contribution in [0.25, 0.3) is 6.08 Å². The van der Waals surface area contributed by atoms with Gasteiger partial charge in [0.15, 0.2) is 11.5 Å². The molecule has 0 radical (unpaired) electrons. The molecule has 192 valence electrons. The van der Waals surface area contributed by atoms with Crippen LogP contribution in [0.15, 0.2) is 60.2 Å². The summed E-state index contributed by atoms with van der Waals surface area (Å²) in [5.41, 5.74) is 2.61. The summed E-state index contributed by atoms with van der Waals surface area (Å²) in [6.45, 7) is 6.59. The quantitative estimate of drug-likeness (QED) is 0.161. The van der Waals surface area contributed by atoms with Crippen molar-refractivity contribution in [2.24, 2.45) is 0 Å². The SMILES string of the molecule is CCOc1cc(/C=C(\C#N)C(=O)Nc2cccc(C(F)(F)F)c2)cc(I)c1OCc1ccc(C)c(C)c1. The Morgan fingerprint density at radius 3 is 2.49 bits per heavy atom. The largest absolute Gasteiger partial charge is 0.490 e. The van der Waals surface area contributed by atoms with Crippen LogP contribution >= 0.6 is 22.6 Å². The number of alkyl halides is 3. The zero-order chi connectivity index (χ0) is 27.2. The van der Waals surface area contributed by atoms with Gasteiger partial charge in [-0.15, -0.1) is 0 Å². The number of aryl methyl sites for hydroxylation is 2. The number of anilines is 1. The lowest BCUT2D eigenvalue weighted by Crippen LogP contribution is -2.14. The van der Waals surface area contributed by atoms with Gasteiger partial charge in [-0.3, -0.25) is 4.79 Å². The normalized spacial score (nSPS) is 11.6. The first-order chi connectivity index (χ1) is 17.5. The maximum Gasteiger partial charge on any atom is 0.416 e. The molecule has 0 fully saturated rings. The van der Waals surface area contributed by atoms with E-state index in [1.165, 1.54) is 23.8 Å². The van der Waals surface area contributed by atoms with Crippen molar-refractivity contribution >= 4 is 40.3 Å². The van der Waals surface area contributed by atoms with Gasteiger partial charge in [0.1, 0.15) is 18.2 Å². The van der Waals surface area contributed by atoms with Gasteiger partial charge in [-0.05, 0) is 102 Å². The Morgan fingerprint density at radius 2 is 1.84 bits per heavy atom.